The van der Waals surface area contributed by atoms with E-state index in [9.17, 15) is 0 Å². The van der Waals surface area contributed by atoms with Crippen molar-refractivity contribution in [2.75, 3.05) is 7.05 Å². The van der Waals surface area contributed by atoms with Crippen molar-refractivity contribution in [3.05, 3.63) is 0 Å². The maximum absolute atomic E-state index is 4.07. The van der Waals surface area contributed by atoms with Crippen LogP contribution in [0.4, 0.5) is 0 Å². The molecule has 0 aromatic carbocycles. The Morgan fingerprint density at radius 2 is 1.41 bits per heavy atom. The molecule has 2 heteroatoms. The second-order valence-corrected chi connectivity index (χ2v) is 7.09. The van der Waals surface area contributed by atoms with Crippen molar-refractivity contribution in [3.63, 3.8) is 0 Å². The average Bonchev–Trinajstić information content (AvgIpc) is 3.18. The van der Waals surface area contributed by atoms with E-state index in [1.54, 1.807) is 0 Å². The lowest BCUT2D eigenvalue weighted by Gasteiger charge is -2.38. The van der Waals surface area contributed by atoms with Gasteiger partial charge in [0.25, 0.3) is 0 Å². The molecule has 96 valence electrons. The number of hydrogen-bond donors (Lipinski definition) is 1. The van der Waals surface area contributed by atoms with E-state index in [0.29, 0.717) is 0 Å². The Labute approximate surface area is 105 Å². The SMILES string of the molecule is CN1C2CCC1CC(NC(C1CC1)C1CC1)C2. The molecule has 2 unspecified atom stereocenters. The number of hydrogen-bond acceptors (Lipinski definition) is 2. The normalized spacial score (nSPS) is 42.4. The molecule has 2 aliphatic carbocycles. The van der Waals surface area contributed by atoms with Gasteiger partial charge in [0.1, 0.15) is 0 Å². The first-order chi connectivity index (χ1) is 8.31. The van der Waals surface area contributed by atoms with Crippen LogP contribution in [0.15, 0.2) is 0 Å². The van der Waals surface area contributed by atoms with Crippen LogP contribution >= 0.6 is 0 Å². The molecule has 1 N–H and O–H groups in total. The highest BCUT2D eigenvalue weighted by atomic mass is 15.2. The first-order valence-corrected chi connectivity index (χ1v) is 7.79. The molecule has 2 atom stereocenters. The maximum atomic E-state index is 4.07. The smallest absolute Gasteiger partial charge is 0.0126 e. The van der Waals surface area contributed by atoms with Crippen LogP contribution in [-0.4, -0.2) is 36.1 Å². The molecule has 0 aromatic heterocycles. The highest BCUT2D eigenvalue weighted by Gasteiger charge is 2.44. The molecule has 2 saturated heterocycles. The molecule has 4 aliphatic rings. The molecule has 0 radical (unpaired) electrons. The van der Waals surface area contributed by atoms with Gasteiger partial charge in [0.05, 0.1) is 0 Å². The molecule has 2 nitrogen and oxygen atoms in total. The van der Waals surface area contributed by atoms with Gasteiger partial charge in [0.2, 0.25) is 0 Å². The van der Waals surface area contributed by atoms with Crippen LogP contribution in [0.1, 0.15) is 51.4 Å². The summed E-state index contributed by atoms with van der Waals surface area (Å²) in [6.45, 7) is 0. The van der Waals surface area contributed by atoms with Gasteiger partial charge in [0.15, 0.2) is 0 Å². The Morgan fingerprint density at radius 1 is 0.882 bits per heavy atom. The van der Waals surface area contributed by atoms with Crippen molar-refractivity contribution >= 4 is 0 Å². The Kier molecular flexibility index (Phi) is 2.52. The fraction of sp³-hybridized carbons (Fsp3) is 1.00. The van der Waals surface area contributed by atoms with E-state index in [1.165, 1.54) is 51.4 Å². The molecule has 2 aliphatic heterocycles. The van der Waals surface area contributed by atoms with Crippen LogP contribution in [-0.2, 0) is 0 Å². The zero-order valence-corrected chi connectivity index (χ0v) is 11.1. The van der Waals surface area contributed by atoms with Gasteiger partial charge in [-0.2, -0.15) is 0 Å². The van der Waals surface area contributed by atoms with Crippen LogP contribution in [0.2, 0.25) is 0 Å². The van der Waals surface area contributed by atoms with Gasteiger partial charge in [-0.3, -0.25) is 0 Å². The Bertz CT molecular complexity index is 269. The molecule has 2 heterocycles. The zero-order valence-electron chi connectivity index (χ0n) is 11.1. The van der Waals surface area contributed by atoms with E-state index in [-0.39, 0.29) is 0 Å². The van der Waals surface area contributed by atoms with E-state index < -0.39 is 0 Å². The van der Waals surface area contributed by atoms with E-state index >= 15 is 0 Å². The predicted octanol–water partition coefficient (Wildman–Crippen LogP) is 2.39. The van der Waals surface area contributed by atoms with Crippen molar-refractivity contribution < 1.29 is 0 Å². The van der Waals surface area contributed by atoms with E-state index in [4.69, 9.17) is 0 Å². The van der Waals surface area contributed by atoms with Crippen molar-refractivity contribution in [2.24, 2.45) is 11.8 Å². The number of fused-ring (bicyclic) bond motifs is 2. The van der Waals surface area contributed by atoms with Crippen LogP contribution in [0.25, 0.3) is 0 Å². The molecular weight excluding hydrogens is 208 g/mol. The lowest BCUT2D eigenvalue weighted by Crippen LogP contribution is -2.50. The summed E-state index contributed by atoms with van der Waals surface area (Å²) in [5.41, 5.74) is 0. The van der Waals surface area contributed by atoms with Crippen molar-refractivity contribution in [1.82, 2.24) is 10.2 Å². The third-order valence-electron chi connectivity index (χ3n) is 5.79. The number of piperidine rings is 1. The van der Waals surface area contributed by atoms with Crippen LogP contribution in [0.3, 0.4) is 0 Å². The summed E-state index contributed by atoms with van der Waals surface area (Å²) in [6.07, 6.45) is 11.8. The van der Waals surface area contributed by atoms with Gasteiger partial charge in [-0.1, -0.05) is 0 Å². The van der Waals surface area contributed by atoms with E-state index in [2.05, 4.69) is 17.3 Å². The summed E-state index contributed by atoms with van der Waals surface area (Å²) >= 11 is 0. The summed E-state index contributed by atoms with van der Waals surface area (Å²) in [6, 6.07) is 3.54. The van der Waals surface area contributed by atoms with Gasteiger partial charge in [-0.15, -0.1) is 0 Å². The maximum Gasteiger partial charge on any atom is 0.0126 e. The standard InChI is InChI=1S/C15H26N2/c1-17-13-6-7-14(17)9-12(8-13)16-15(10-2-3-10)11-4-5-11/h10-16H,2-9H2,1H3. The minimum absolute atomic E-state index is 0.842. The Balaban J connectivity index is 1.39. The number of nitrogens with one attached hydrogen (secondary N) is 1. The van der Waals surface area contributed by atoms with Crippen LogP contribution < -0.4 is 5.32 Å². The Hall–Kier alpha value is -0.0800. The first-order valence-electron chi connectivity index (χ1n) is 7.79. The van der Waals surface area contributed by atoms with Gasteiger partial charge in [-0.05, 0) is 70.3 Å². The third kappa shape index (κ3) is 2.04. The summed E-state index contributed by atoms with van der Waals surface area (Å²) in [5, 5.41) is 4.07. The molecule has 0 amide bonds. The summed E-state index contributed by atoms with van der Waals surface area (Å²) in [7, 11) is 2.35. The second-order valence-electron chi connectivity index (χ2n) is 7.09. The molecule has 2 bridgehead atoms. The minimum Gasteiger partial charge on any atom is -0.311 e. The molecule has 0 aromatic rings. The van der Waals surface area contributed by atoms with Crippen LogP contribution in [0, 0.1) is 11.8 Å². The van der Waals surface area contributed by atoms with Gasteiger partial charge >= 0.3 is 0 Å². The molecule has 17 heavy (non-hydrogen) atoms. The third-order valence-corrected chi connectivity index (χ3v) is 5.79. The topological polar surface area (TPSA) is 15.3 Å². The minimum atomic E-state index is 0.842. The number of nitrogens with zero attached hydrogens (tertiary/aromatic N) is 1. The molecule has 2 saturated carbocycles. The van der Waals surface area contributed by atoms with Gasteiger partial charge in [-0.25, -0.2) is 0 Å². The predicted molar refractivity (Wildman–Crippen MR) is 70.0 cm³/mol. The highest BCUT2D eigenvalue weighted by Crippen LogP contribution is 2.45. The molecule has 0 spiro atoms. The average molecular weight is 234 g/mol. The van der Waals surface area contributed by atoms with E-state index in [0.717, 1.165) is 36.0 Å². The van der Waals surface area contributed by atoms with E-state index in [1.807, 2.05) is 0 Å². The summed E-state index contributed by atoms with van der Waals surface area (Å²) in [4.78, 5) is 2.65. The molecular formula is C15H26N2. The molecule has 4 fully saturated rings. The van der Waals surface area contributed by atoms with Crippen molar-refractivity contribution in [1.29, 1.82) is 0 Å². The second kappa shape index (κ2) is 3.96. The largest absolute Gasteiger partial charge is 0.311 e. The van der Waals surface area contributed by atoms with Crippen molar-refractivity contribution in [3.8, 4) is 0 Å². The van der Waals surface area contributed by atoms with Gasteiger partial charge in [0, 0.05) is 24.2 Å². The Morgan fingerprint density at radius 3 is 1.88 bits per heavy atom. The van der Waals surface area contributed by atoms with Gasteiger partial charge < -0.3 is 10.2 Å². The highest BCUT2D eigenvalue weighted by molar-refractivity contribution is 5.01. The summed E-state index contributed by atoms with van der Waals surface area (Å²) in [5.74, 6) is 2.11. The first kappa shape index (κ1) is 10.8. The quantitative estimate of drug-likeness (QED) is 0.803. The van der Waals surface area contributed by atoms with Crippen molar-refractivity contribution in [2.45, 2.75) is 75.5 Å². The number of rotatable bonds is 4. The van der Waals surface area contributed by atoms with Crippen LogP contribution in [0.5, 0.6) is 0 Å². The lowest BCUT2D eigenvalue weighted by molar-refractivity contribution is 0.138. The monoisotopic (exact) mass is 234 g/mol. The fourth-order valence-electron chi connectivity index (χ4n) is 4.39. The lowest BCUT2D eigenvalue weighted by atomic mass is 9.95. The summed E-state index contributed by atoms with van der Waals surface area (Å²) < 4.78 is 0. The zero-order chi connectivity index (χ0) is 11.4. The fourth-order valence-corrected chi connectivity index (χ4v) is 4.39. The molecule has 4 rings (SSSR count).